The Bertz CT molecular complexity index is 813. The van der Waals surface area contributed by atoms with Crippen molar-refractivity contribution in [1.29, 1.82) is 0 Å². The van der Waals surface area contributed by atoms with Crippen LogP contribution in [0.4, 0.5) is 4.39 Å². The Balaban J connectivity index is 2.02. The minimum absolute atomic E-state index is 0.0707. The number of halogens is 1. The molecule has 1 aromatic heterocycles. The lowest BCUT2D eigenvalue weighted by Gasteiger charge is -2.08. The number of phenols is 1. The third-order valence-electron chi connectivity index (χ3n) is 3.33. The van der Waals surface area contributed by atoms with Crippen LogP contribution in [0.3, 0.4) is 0 Å². The summed E-state index contributed by atoms with van der Waals surface area (Å²) >= 11 is 0. The van der Waals surface area contributed by atoms with E-state index in [0.717, 1.165) is 22.9 Å². The van der Waals surface area contributed by atoms with E-state index in [9.17, 15) is 9.50 Å². The van der Waals surface area contributed by atoms with Crippen molar-refractivity contribution >= 4 is 12.2 Å². The first-order chi connectivity index (χ1) is 10.7. The normalized spacial score (nSPS) is 11.0. The number of rotatable bonds is 3. The first-order valence-electron chi connectivity index (χ1n) is 6.91. The minimum Gasteiger partial charge on any atom is -0.507 e. The van der Waals surface area contributed by atoms with E-state index in [-0.39, 0.29) is 5.75 Å². The van der Waals surface area contributed by atoms with Crippen LogP contribution in [0, 0.1) is 5.82 Å². The molecule has 108 valence electrons. The Morgan fingerprint density at radius 3 is 2.45 bits per heavy atom. The van der Waals surface area contributed by atoms with Crippen LogP contribution in [0.25, 0.3) is 23.3 Å². The Hall–Kier alpha value is -2.94. The number of pyridine rings is 1. The third-order valence-corrected chi connectivity index (χ3v) is 3.33. The number of hydrogen-bond acceptors (Lipinski definition) is 2. The SMILES string of the molecule is Oc1cc(F)ccc1-c1ccccc1C=Cc1ccccn1. The van der Waals surface area contributed by atoms with Gasteiger partial charge in [-0.1, -0.05) is 36.4 Å². The van der Waals surface area contributed by atoms with E-state index in [1.165, 1.54) is 6.07 Å². The zero-order chi connectivity index (χ0) is 15.4. The molecule has 3 heteroatoms. The van der Waals surface area contributed by atoms with Crippen molar-refractivity contribution in [3.63, 3.8) is 0 Å². The van der Waals surface area contributed by atoms with Crippen LogP contribution in [0.1, 0.15) is 11.3 Å². The van der Waals surface area contributed by atoms with Gasteiger partial charge in [0.1, 0.15) is 11.6 Å². The molecule has 0 spiro atoms. The summed E-state index contributed by atoms with van der Waals surface area (Å²) in [7, 11) is 0. The first kappa shape index (κ1) is 14.0. The number of aromatic nitrogens is 1. The number of aromatic hydroxyl groups is 1. The average Bonchev–Trinajstić information content (AvgIpc) is 2.54. The van der Waals surface area contributed by atoms with Crippen molar-refractivity contribution in [3.8, 4) is 16.9 Å². The van der Waals surface area contributed by atoms with Gasteiger partial charge >= 0.3 is 0 Å². The van der Waals surface area contributed by atoms with Gasteiger partial charge in [0, 0.05) is 17.8 Å². The van der Waals surface area contributed by atoms with Crippen LogP contribution in [-0.4, -0.2) is 10.1 Å². The lowest BCUT2D eigenvalue weighted by molar-refractivity contribution is 0.471. The van der Waals surface area contributed by atoms with Gasteiger partial charge < -0.3 is 5.11 Å². The molecular formula is C19H14FNO. The van der Waals surface area contributed by atoms with Gasteiger partial charge in [-0.25, -0.2) is 4.39 Å². The van der Waals surface area contributed by atoms with E-state index in [0.29, 0.717) is 5.56 Å². The molecule has 3 rings (SSSR count). The van der Waals surface area contributed by atoms with E-state index in [1.54, 1.807) is 12.3 Å². The molecule has 0 radical (unpaired) electrons. The highest BCUT2D eigenvalue weighted by atomic mass is 19.1. The van der Waals surface area contributed by atoms with Gasteiger partial charge in [0.2, 0.25) is 0 Å². The van der Waals surface area contributed by atoms with Crippen molar-refractivity contribution in [1.82, 2.24) is 4.98 Å². The third kappa shape index (κ3) is 3.04. The summed E-state index contributed by atoms with van der Waals surface area (Å²) in [6, 6.07) is 17.4. The van der Waals surface area contributed by atoms with Crippen molar-refractivity contribution in [2.45, 2.75) is 0 Å². The second-order valence-corrected chi connectivity index (χ2v) is 4.84. The summed E-state index contributed by atoms with van der Waals surface area (Å²) in [5, 5.41) is 9.98. The predicted molar refractivity (Wildman–Crippen MR) is 86.7 cm³/mol. The maximum atomic E-state index is 13.2. The van der Waals surface area contributed by atoms with Crippen LogP contribution in [0.15, 0.2) is 66.9 Å². The molecule has 3 aromatic rings. The highest BCUT2D eigenvalue weighted by molar-refractivity contribution is 5.82. The quantitative estimate of drug-likeness (QED) is 0.754. The van der Waals surface area contributed by atoms with Crippen LogP contribution in [0.5, 0.6) is 5.75 Å². The Labute approximate surface area is 128 Å². The van der Waals surface area contributed by atoms with Crippen molar-refractivity contribution < 1.29 is 9.50 Å². The fourth-order valence-electron chi connectivity index (χ4n) is 2.27. The summed E-state index contributed by atoms with van der Waals surface area (Å²) < 4.78 is 13.2. The smallest absolute Gasteiger partial charge is 0.126 e. The number of hydrogen-bond donors (Lipinski definition) is 1. The zero-order valence-corrected chi connectivity index (χ0v) is 11.8. The van der Waals surface area contributed by atoms with E-state index < -0.39 is 5.82 Å². The van der Waals surface area contributed by atoms with Crippen LogP contribution < -0.4 is 0 Å². The molecule has 2 nitrogen and oxygen atoms in total. The molecule has 0 bridgehead atoms. The molecule has 0 atom stereocenters. The van der Waals surface area contributed by atoms with Gasteiger partial charge in [-0.05, 0) is 41.5 Å². The van der Waals surface area contributed by atoms with Crippen molar-refractivity contribution in [2.24, 2.45) is 0 Å². The highest BCUT2D eigenvalue weighted by Gasteiger charge is 2.08. The number of benzene rings is 2. The monoisotopic (exact) mass is 291 g/mol. The minimum atomic E-state index is -0.456. The summed E-state index contributed by atoms with van der Waals surface area (Å²) in [4.78, 5) is 4.24. The van der Waals surface area contributed by atoms with Gasteiger partial charge in [-0.3, -0.25) is 4.98 Å². The predicted octanol–water partition coefficient (Wildman–Crippen LogP) is 4.76. The fourth-order valence-corrected chi connectivity index (χ4v) is 2.27. The maximum absolute atomic E-state index is 13.2. The largest absolute Gasteiger partial charge is 0.507 e. The Morgan fingerprint density at radius 2 is 1.68 bits per heavy atom. The molecule has 22 heavy (non-hydrogen) atoms. The topological polar surface area (TPSA) is 33.1 Å². The fraction of sp³-hybridized carbons (Fsp3) is 0. The van der Waals surface area contributed by atoms with E-state index in [4.69, 9.17) is 0 Å². The summed E-state index contributed by atoms with van der Waals surface area (Å²) in [5.41, 5.74) is 3.21. The molecule has 1 N–H and O–H groups in total. The molecule has 2 aromatic carbocycles. The second kappa shape index (κ2) is 6.22. The van der Waals surface area contributed by atoms with Gasteiger partial charge in [-0.2, -0.15) is 0 Å². The summed E-state index contributed by atoms with van der Waals surface area (Å²) in [6.45, 7) is 0. The summed E-state index contributed by atoms with van der Waals surface area (Å²) in [6.07, 6.45) is 5.57. The van der Waals surface area contributed by atoms with Gasteiger partial charge in [0.15, 0.2) is 0 Å². The first-order valence-corrected chi connectivity index (χ1v) is 6.91. The van der Waals surface area contributed by atoms with Crippen LogP contribution in [0.2, 0.25) is 0 Å². The standard InChI is InChI=1S/C19H14FNO/c20-15-9-11-18(19(22)13-15)17-7-2-1-5-14(17)8-10-16-6-3-4-12-21-16/h1-13,22H. The molecular weight excluding hydrogens is 277 g/mol. The number of phenolic OH excluding ortho intramolecular Hbond substituents is 1. The highest BCUT2D eigenvalue weighted by Crippen LogP contribution is 2.32. The van der Waals surface area contributed by atoms with Gasteiger partial charge in [0.05, 0.1) is 5.69 Å². The molecule has 0 aliphatic rings. The molecule has 0 amide bonds. The molecule has 0 aliphatic heterocycles. The average molecular weight is 291 g/mol. The lowest BCUT2D eigenvalue weighted by atomic mass is 9.98. The molecule has 0 fully saturated rings. The molecule has 0 aliphatic carbocycles. The molecule has 1 heterocycles. The maximum Gasteiger partial charge on any atom is 0.126 e. The molecule has 0 saturated carbocycles. The Kier molecular flexibility index (Phi) is 3.97. The van der Waals surface area contributed by atoms with E-state index >= 15 is 0 Å². The van der Waals surface area contributed by atoms with Crippen LogP contribution in [-0.2, 0) is 0 Å². The Morgan fingerprint density at radius 1 is 0.864 bits per heavy atom. The molecule has 0 unspecified atom stereocenters. The van der Waals surface area contributed by atoms with Gasteiger partial charge in [-0.15, -0.1) is 0 Å². The van der Waals surface area contributed by atoms with Crippen LogP contribution >= 0.6 is 0 Å². The van der Waals surface area contributed by atoms with Gasteiger partial charge in [0.25, 0.3) is 0 Å². The van der Waals surface area contributed by atoms with E-state index in [1.807, 2.05) is 54.6 Å². The number of nitrogens with zero attached hydrogens (tertiary/aromatic N) is 1. The summed E-state index contributed by atoms with van der Waals surface area (Å²) in [5.74, 6) is -0.526. The van der Waals surface area contributed by atoms with Crippen molar-refractivity contribution in [3.05, 3.63) is 83.9 Å². The second-order valence-electron chi connectivity index (χ2n) is 4.84. The zero-order valence-electron chi connectivity index (χ0n) is 11.8. The van der Waals surface area contributed by atoms with E-state index in [2.05, 4.69) is 4.98 Å². The van der Waals surface area contributed by atoms with Crippen molar-refractivity contribution in [2.75, 3.05) is 0 Å². The molecule has 0 saturated heterocycles. The lowest BCUT2D eigenvalue weighted by Crippen LogP contribution is -1.85.